The molecule has 5 atom stereocenters. The van der Waals surface area contributed by atoms with Gasteiger partial charge in [-0.3, -0.25) is 0 Å². The van der Waals surface area contributed by atoms with Gasteiger partial charge >= 0.3 is 0 Å². The fraction of sp³-hybridized carbons (Fsp3) is 0.375. The topological polar surface area (TPSA) is 93.3 Å². The molecule has 33 heavy (non-hydrogen) atoms. The summed E-state index contributed by atoms with van der Waals surface area (Å²) in [4.78, 5) is 13.2. The maximum Gasteiger partial charge on any atom is 0.143 e. The first-order valence-corrected chi connectivity index (χ1v) is 12.0. The van der Waals surface area contributed by atoms with Gasteiger partial charge < -0.3 is 19.5 Å². The summed E-state index contributed by atoms with van der Waals surface area (Å²) >= 11 is 9.60. The second-order valence-corrected chi connectivity index (χ2v) is 10.4. The molecule has 3 aromatic heterocycles. The summed E-state index contributed by atoms with van der Waals surface area (Å²) in [6.45, 7) is 2.32. The number of nitrogens with zero attached hydrogens (tertiary/aromatic N) is 4. The van der Waals surface area contributed by atoms with Gasteiger partial charge in [0.25, 0.3) is 0 Å². The van der Waals surface area contributed by atoms with Crippen LogP contribution < -0.4 is 0 Å². The quantitative estimate of drug-likeness (QED) is 0.371. The van der Waals surface area contributed by atoms with Gasteiger partial charge in [-0.05, 0) is 59.5 Å². The first-order chi connectivity index (χ1) is 15.9. The van der Waals surface area contributed by atoms with Crippen LogP contribution in [0.25, 0.3) is 21.9 Å². The van der Waals surface area contributed by atoms with Crippen molar-refractivity contribution in [3.8, 4) is 0 Å². The molecule has 1 saturated heterocycles. The van der Waals surface area contributed by atoms with Crippen LogP contribution in [0, 0.1) is 12.3 Å². The molecule has 1 spiro atoms. The van der Waals surface area contributed by atoms with Gasteiger partial charge in [-0.2, -0.15) is 0 Å². The second-order valence-electron chi connectivity index (χ2n) is 9.21. The van der Waals surface area contributed by atoms with E-state index in [1.54, 1.807) is 0 Å². The van der Waals surface area contributed by atoms with E-state index in [0.717, 1.165) is 37.7 Å². The molecule has 1 aromatic carbocycles. The molecule has 0 bridgehead atoms. The number of halogens is 2. The minimum atomic E-state index is -0.910. The standard InChI is InChI=1S/C24H22BrClN4O3/c1-12-15-4-5-30(23(15)28-11-27-12)18-8-24(21(32)20(18)31)9-19(33-10-24)14-3-2-13-6-16(25)22(26)29-17(13)7-14/h2-7,11,18-21,31-32H,8-10H2,1H3/t18-,19-,20+,21+,24-/m1/s1. The molecular formula is C24H22BrClN4O3. The zero-order valence-electron chi connectivity index (χ0n) is 17.8. The van der Waals surface area contributed by atoms with Crippen molar-refractivity contribution in [2.45, 2.75) is 44.1 Å². The van der Waals surface area contributed by atoms with Crippen molar-refractivity contribution in [2.75, 3.05) is 6.61 Å². The van der Waals surface area contributed by atoms with Gasteiger partial charge in [-0.25, -0.2) is 15.0 Å². The monoisotopic (exact) mass is 528 g/mol. The largest absolute Gasteiger partial charge is 0.390 e. The minimum absolute atomic E-state index is 0.190. The van der Waals surface area contributed by atoms with E-state index in [1.165, 1.54) is 6.33 Å². The molecule has 0 radical (unpaired) electrons. The molecule has 0 amide bonds. The summed E-state index contributed by atoms with van der Waals surface area (Å²) < 4.78 is 8.92. The van der Waals surface area contributed by atoms with Gasteiger partial charge in [0.15, 0.2) is 0 Å². The van der Waals surface area contributed by atoms with E-state index in [-0.39, 0.29) is 12.1 Å². The molecule has 1 aliphatic carbocycles. The van der Waals surface area contributed by atoms with Crippen molar-refractivity contribution in [1.82, 2.24) is 19.5 Å². The third-order valence-corrected chi connectivity index (χ3v) is 8.44. The van der Waals surface area contributed by atoms with Crippen molar-refractivity contribution in [2.24, 2.45) is 5.41 Å². The number of rotatable bonds is 2. The molecule has 6 rings (SSSR count). The van der Waals surface area contributed by atoms with Crippen LogP contribution in [0.5, 0.6) is 0 Å². The number of aliphatic hydroxyl groups excluding tert-OH is 2. The SMILES string of the molecule is Cc1ncnc2c1ccn2[C@@H]1C[C@@]2(CO[C@@H](c3ccc4cc(Br)c(Cl)nc4c3)C2)[C@@H](O)[C@H]1O. The normalized spacial score (nSPS) is 29.6. The smallest absolute Gasteiger partial charge is 0.143 e. The highest BCUT2D eigenvalue weighted by atomic mass is 79.9. The van der Waals surface area contributed by atoms with Gasteiger partial charge in [0.1, 0.15) is 23.2 Å². The number of hydrogen-bond acceptors (Lipinski definition) is 6. The van der Waals surface area contributed by atoms with E-state index >= 15 is 0 Å². The molecule has 7 nitrogen and oxygen atoms in total. The first kappa shape index (κ1) is 21.4. The van der Waals surface area contributed by atoms with Crippen LogP contribution in [0.1, 0.15) is 36.2 Å². The molecule has 4 aromatic rings. The van der Waals surface area contributed by atoms with Crippen molar-refractivity contribution in [3.63, 3.8) is 0 Å². The van der Waals surface area contributed by atoms with Gasteiger partial charge in [0.05, 0.1) is 40.5 Å². The average molecular weight is 530 g/mol. The van der Waals surface area contributed by atoms with Crippen molar-refractivity contribution >= 4 is 49.5 Å². The van der Waals surface area contributed by atoms with E-state index in [0.29, 0.717) is 24.6 Å². The highest BCUT2D eigenvalue weighted by Gasteiger charge is 2.57. The van der Waals surface area contributed by atoms with Crippen LogP contribution in [-0.4, -0.2) is 48.5 Å². The zero-order valence-corrected chi connectivity index (χ0v) is 20.2. The Hall–Kier alpha value is -2.10. The number of aromatic nitrogens is 4. The lowest BCUT2D eigenvalue weighted by Gasteiger charge is -2.26. The number of hydrogen-bond donors (Lipinski definition) is 2. The molecule has 1 saturated carbocycles. The van der Waals surface area contributed by atoms with Gasteiger partial charge in [-0.15, -0.1) is 0 Å². The molecule has 9 heteroatoms. The van der Waals surface area contributed by atoms with Crippen LogP contribution in [0.15, 0.2) is 47.3 Å². The molecule has 1 aliphatic heterocycles. The maximum atomic E-state index is 11.1. The number of aryl methyl sites for hydroxylation is 1. The van der Waals surface area contributed by atoms with Crippen molar-refractivity contribution in [1.29, 1.82) is 0 Å². The third kappa shape index (κ3) is 3.31. The van der Waals surface area contributed by atoms with Crippen molar-refractivity contribution in [3.05, 3.63) is 63.7 Å². The van der Waals surface area contributed by atoms with Crippen LogP contribution in [0.4, 0.5) is 0 Å². The molecule has 4 heterocycles. The van der Waals surface area contributed by atoms with E-state index in [2.05, 4.69) is 30.9 Å². The maximum absolute atomic E-state index is 11.1. The Morgan fingerprint density at radius 1 is 1.18 bits per heavy atom. The highest BCUT2D eigenvalue weighted by Crippen LogP contribution is 2.54. The van der Waals surface area contributed by atoms with E-state index in [4.69, 9.17) is 16.3 Å². The molecule has 0 unspecified atom stereocenters. The average Bonchev–Trinajstić information content (AvgIpc) is 3.48. The Morgan fingerprint density at radius 2 is 2.03 bits per heavy atom. The summed E-state index contributed by atoms with van der Waals surface area (Å²) in [5, 5.41) is 24.5. The van der Waals surface area contributed by atoms with Crippen LogP contribution in [0.2, 0.25) is 5.15 Å². The van der Waals surface area contributed by atoms with Crippen LogP contribution in [-0.2, 0) is 4.74 Å². The highest BCUT2D eigenvalue weighted by molar-refractivity contribution is 9.10. The van der Waals surface area contributed by atoms with E-state index in [1.807, 2.05) is 48.0 Å². The summed E-state index contributed by atoms with van der Waals surface area (Å²) in [6.07, 6.45) is 2.69. The summed E-state index contributed by atoms with van der Waals surface area (Å²) in [5.41, 5.74) is 2.92. The summed E-state index contributed by atoms with van der Waals surface area (Å²) in [7, 11) is 0. The first-order valence-electron chi connectivity index (χ1n) is 10.9. The lowest BCUT2D eigenvalue weighted by atomic mass is 9.80. The minimum Gasteiger partial charge on any atom is -0.390 e. The number of pyridine rings is 1. The fourth-order valence-electron chi connectivity index (χ4n) is 5.51. The summed E-state index contributed by atoms with van der Waals surface area (Å²) in [6, 6.07) is 9.65. The van der Waals surface area contributed by atoms with Crippen LogP contribution in [0.3, 0.4) is 0 Å². The van der Waals surface area contributed by atoms with E-state index in [9.17, 15) is 10.2 Å². The molecule has 170 valence electrons. The Morgan fingerprint density at radius 3 is 2.88 bits per heavy atom. The Bertz CT molecular complexity index is 1400. The summed E-state index contributed by atoms with van der Waals surface area (Å²) in [5.74, 6) is 0. The van der Waals surface area contributed by atoms with E-state index < -0.39 is 17.6 Å². The predicted molar refractivity (Wildman–Crippen MR) is 128 cm³/mol. The van der Waals surface area contributed by atoms with Crippen molar-refractivity contribution < 1.29 is 14.9 Å². The Labute approximate surface area is 203 Å². The van der Waals surface area contributed by atoms with Crippen LogP contribution >= 0.6 is 27.5 Å². The Balaban J connectivity index is 1.30. The lowest BCUT2D eigenvalue weighted by molar-refractivity contribution is -0.0309. The Kier molecular flexibility index (Phi) is 5.01. The fourth-order valence-corrected chi connectivity index (χ4v) is 5.99. The third-order valence-electron chi connectivity index (χ3n) is 7.31. The molecular weight excluding hydrogens is 508 g/mol. The number of aliphatic hydroxyl groups is 2. The zero-order chi connectivity index (χ0) is 22.9. The predicted octanol–water partition coefficient (Wildman–Crippen LogP) is 4.52. The molecule has 2 N–H and O–H groups in total. The number of benzene rings is 1. The lowest BCUT2D eigenvalue weighted by Crippen LogP contribution is -2.37. The molecule has 2 aliphatic rings. The number of fused-ring (bicyclic) bond motifs is 2. The second kappa shape index (κ2) is 7.71. The van der Waals surface area contributed by atoms with Gasteiger partial charge in [0.2, 0.25) is 0 Å². The van der Waals surface area contributed by atoms with Gasteiger partial charge in [0, 0.05) is 22.4 Å². The van der Waals surface area contributed by atoms with Gasteiger partial charge in [-0.1, -0.05) is 23.7 Å². The number of ether oxygens (including phenoxy) is 1. The molecule has 2 fully saturated rings.